The van der Waals surface area contributed by atoms with E-state index in [1.807, 2.05) is 25.2 Å². The first-order valence-corrected chi connectivity index (χ1v) is 17.6. The topological polar surface area (TPSA) is 0 Å². The maximum atomic E-state index is 4.75. The molecule has 0 saturated carbocycles. The summed E-state index contributed by atoms with van der Waals surface area (Å²) in [5.74, 6) is 2.12. The van der Waals surface area contributed by atoms with E-state index < -0.39 is 0 Å². The van der Waals surface area contributed by atoms with Gasteiger partial charge in [-0.05, 0) is 99.1 Å². The largest absolute Gasteiger partial charge is 0.112 e. The van der Waals surface area contributed by atoms with Gasteiger partial charge in [-0.15, -0.1) is 5.73 Å². The average molecular weight is 619 g/mol. The van der Waals surface area contributed by atoms with E-state index in [1.54, 1.807) is 0 Å². The summed E-state index contributed by atoms with van der Waals surface area (Å²) in [6, 6.07) is 9.07. The monoisotopic (exact) mass is 618 g/mol. The number of benzene rings is 1. The Kier molecular flexibility index (Phi) is 10.7. The van der Waals surface area contributed by atoms with Gasteiger partial charge in [-0.2, -0.15) is 0 Å². The van der Waals surface area contributed by atoms with Gasteiger partial charge in [0.05, 0.1) is 5.41 Å². The van der Waals surface area contributed by atoms with Gasteiger partial charge in [-0.25, -0.2) is 0 Å². The first kappa shape index (κ1) is 34.2. The van der Waals surface area contributed by atoms with Crippen LogP contribution in [0.25, 0.3) is 0 Å². The number of hydrogen-bond donors (Lipinski definition) is 0. The van der Waals surface area contributed by atoms with Crippen molar-refractivity contribution in [1.82, 2.24) is 0 Å². The zero-order chi connectivity index (χ0) is 33.6. The Bertz CT molecular complexity index is 1740. The molecular formula is C47H54. The van der Waals surface area contributed by atoms with Gasteiger partial charge >= 0.3 is 0 Å². The molecule has 0 spiro atoms. The van der Waals surface area contributed by atoms with Crippen LogP contribution in [0.1, 0.15) is 78.4 Å². The van der Waals surface area contributed by atoms with Crippen molar-refractivity contribution in [2.24, 2.45) is 23.2 Å². The number of hydrogen-bond acceptors (Lipinski definition) is 0. The lowest BCUT2D eigenvalue weighted by atomic mass is 9.53. The van der Waals surface area contributed by atoms with Crippen molar-refractivity contribution in [3.05, 3.63) is 184 Å². The molecule has 0 N–H and O–H groups in total. The molecule has 0 aliphatic heterocycles. The van der Waals surface area contributed by atoms with Gasteiger partial charge < -0.3 is 0 Å². The van der Waals surface area contributed by atoms with Crippen molar-refractivity contribution >= 4 is 0 Å². The van der Waals surface area contributed by atoms with Crippen molar-refractivity contribution in [1.29, 1.82) is 0 Å². The van der Waals surface area contributed by atoms with Crippen molar-refractivity contribution in [2.75, 3.05) is 0 Å². The van der Waals surface area contributed by atoms with E-state index >= 15 is 0 Å². The minimum absolute atomic E-state index is 0.133. The normalized spacial score (nSPS) is 28.0. The fourth-order valence-electron chi connectivity index (χ4n) is 7.70. The van der Waals surface area contributed by atoms with E-state index in [1.165, 1.54) is 51.8 Å². The Morgan fingerprint density at radius 3 is 2.23 bits per heavy atom. The zero-order valence-electron chi connectivity index (χ0n) is 29.8. The van der Waals surface area contributed by atoms with Gasteiger partial charge in [0, 0.05) is 16.9 Å². The van der Waals surface area contributed by atoms with Crippen LogP contribution in [0.5, 0.6) is 0 Å². The van der Waals surface area contributed by atoms with Crippen LogP contribution >= 0.6 is 0 Å². The molecule has 4 atom stereocenters. The van der Waals surface area contributed by atoms with Crippen molar-refractivity contribution in [3.8, 4) is 0 Å². The Morgan fingerprint density at radius 2 is 1.62 bits per heavy atom. The maximum absolute atomic E-state index is 4.75. The molecule has 4 unspecified atom stereocenters. The van der Waals surface area contributed by atoms with Gasteiger partial charge in [-0.1, -0.05) is 159 Å². The van der Waals surface area contributed by atoms with Crippen molar-refractivity contribution in [3.63, 3.8) is 0 Å². The van der Waals surface area contributed by atoms with Gasteiger partial charge in [0.25, 0.3) is 0 Å². The molecular weight excluding hydrogens is 565 g/mol. The molecule has 1 aromatic rings. The summed E-state index contributed by atoms with van der Waals surface area (Å²) in [4.78, 5) is 0. The van der Waals surface area contributed by atoms with Crippen molar-refractivity contribution < 1.29 is 0 Å². The third kappa shape index (κ3) is 6.95. The highest BCUT2D eigenvalue weighted by atomic mass is 14.6. The second kappa shape index (κ2) is 14.8. The fraction of sp³-hybridized carbons (Fsp3) is 0.340. The summed E-state index contributed by atoms with van der Waals surface area (Å²) >= 11 is 0. The Morgan fingerprint density at radius 1 is 0.872 bits per heavy atom. The standard InChI is InChI=1S/C31H32.C16H22/c1-6-7-9-12-27-25(4)31(26-17-15-23(2)16-18-26,29-14-11-8-10-13-28(27)29)30(5)21-19-24(3)20-22-30;1-12(2)14-8-10-16(11-9-14)15-6-4-13(3)5-7-15/h6-7,9-11,13-21H,4,8,22H2,1-3,5H3;4-6,8,10-12,14-15H,7,9H2,1-3H3/b7-6-;. The van der Waals surface area contributed by atoms with Gasteiger partial charge in [-0.3, -0.25) is 0 Å². The molecule has 0 heterocycles. The number of allylic oxidation sites excluding steroid dienone is 22. The summed E-state index contributed by atoms with van der Waals surface area (Å²) in [5, 5.41) is 0. The first-order valence-electron chi connectivity index (χ1n) is 17.6. The smallest absolute Gasteiger partial charge is 0.0554 e. The van der Waals surface area contributed by atoms with Gasteiger partial charge in [0.2, 0.25) is 0 Å². The predicted molar refractivity (Wildman–Crippen MR) is 205 cm³/mol. The summed E-state index contributed by atoms with van der Waals surface area (Å²) in [6.45, 7) is 20.3. The fourth-order valence-corrected chi connectivity index (χ4v) is 7.70. The molecule has 242 valence electrons. The third-order valence-corrected chi connectivity index (χ3v) is 10.7. The van der Waals surface area contributed by atoms with Gasteiger partial charge in [0.1, 0.15) is 0 Å². The van der Waals surface area contributed by atoms with Crippen LogP contribution in [0.2, 0.25) is 0 Å². The number of rotatable bonds is 5. The van der Waals surface area contributed by atoms with Crippen LogP contribution in [0.15, 0.2) is 173 Å². The van der Waals surface area contributed by atoms with E-state index in [4.69, 9.17) is 6.58 Å². The summed E-state index contributed by atoms with van der Waals surface area (Å²) in [7, 11) is 0. The van der Waals surface area contributed by atoms with Crippen LogP contribution in [-0.4, -0.2) is 0 Å². The Hall–Kier alpha value is -4.12. The predicted octanol–water partition coefficient (Wildman–Crippen LogP) is 12.9. The van der Waals surface area contributed by atoms with Crippen LogP contribution in [0.3, 0.4) is 0 Å². The molecule has 0 radical (unpaired) electrons. The minimum atomic E-state index is -0.346. The summed E-state index contributed by atoms with van der Waals surface area (Å²) in [6.07, 6.45) is 40.7. The summed E-state index contributed by atoms with van der Waals surface area (Å²) in [5.41, 5.74) is 14.8. The number of aryl methyl sites for hydroxylation is 1. The lowest BCUT2D eigenvalue weighted by Gasteiger charge is -2.48. The molecule has 0 saturated heterocycles. The van der Waals surface area contributed by atoms with Crippen LogP contribution in [0.4, 0.5) is 0 Å². The lowest BCUT2D eigenvalue weighted by molar-refractivity contribution is 0.289. The quantitative estimate of drug-likeness (QED) is 0.227. The van der Waals surface area contributed by atoms with E-state index in [-0.39, 0.29) is 10.8 Å². The Labute approximate surface area is 285 Å². The van der Waals surface area contributed by atoms with E-state index in [9.17, 15) is 0 Å². The molecule has 0 fully saturated rings. The molecule has 0 bridgehead atoms. The summed E-state index contributed by atoms with van der Waals surface area (Å²) < 4.78 is 0. The molecule has 0 amide bonds. The highest BCUT2D eigenvalue weighted by Gasteiger charge is 2.56. The van der Waals surface area contributed by atoms with Crippen molar-refractivity contribution in [2.45, 2.75) is 79.6 Å². The zero-order valence-corrected chi connectivity index (χ0v) is 29.8. The van der Waals surface area contributed by atoms with Crippen LogP contribution < -0.4 is 0 Å². The van der Waals surface area contributed by atoms with E-state index in [0.29, 0.717) is 5.92 Å². The Balaban J connectivity index is 0.000000227. The highest BCUT2D eigenvalue weighted by molar-refractivity contribution is 5.75. The third-order valence-electron chi connectivity index (χ3n) is 10.7. The van der Waals surface area contributed by atoms with Gasteiger partial charge in [0.15, 0.2) is 0 Å². The molecule has 47 heavy (non-hydrogen) atoms. The molecule has 0 heteroatoms. The van der Waals surface area contributed by atoms with E-state index in [0.717, 1.165) is 35.8 Å². The van der Waals surface area contributed by atoms with E-state index in [2.05, 4.69) is 151 Å². The molecule has 0 nitrogen and oxygen atoms in total. The lowest BCUT2D eigenvalue weighted by Crippen LogP contribution is -2.44. The molecule has 0 aromatic heterocycles. The highest BCUT2D eigenvalue weighted by Crippen LogP contribution is 2.63. The van der Waals surface area contributed by atoms with Crippen LogP contribution in [0, 0.1) is 30.1 Å². The van der Waals surface area contributed by atoms with Crippen LogP contribution in [-0.2, 0) is 5.41 Å². The maximum Gasteiger partial charge on any atom is 0.0554 e. The second-order valence-electron chi connectivity index (χ2n) is 14.4. The SMILES string of the molecule is C=C1C(=C=C/C=C\C)C2=C(C=CCC=C2)C1(c1ccc(C)cc1)C1(C)C=CC(C)=CC1.CC1=CCC(C2=CCC(C(C)C)C=C2)C=C1. The molecule has 6 rings (SSSR count). The molecule has 1 aromatic carbocycles. The molecule has 5 aliphatic rings. The second-order valence-corrected chi connectivity index (χ2v) is 14.4. The minimum Gasteiger partial charge on any atom is -0.112 e. The molecule has 5 aliphatic carbocycles. The average Bonchev–Trinajstić information content (AvgIpc) is 3.19. The first-order chi connectivity index (χ1) is 22.6.